The van der Waals surface area contributed by atoms with Crippen LogP contribution in [0.15, 0.2) is 23.4 Å². The van der Waals surface area contributed by atoms with Crippen molar-refractivity contribution < 1.29 is 14.7 Å². The molecule has 4 nitrogen and oxygen atoms in total. The lowest BCUT2D eigenvalue weighted by molar-refractivity contribution is 0.0548. The first kappa shape index (κ1) is 13.8. The standard InChI is InChI=1S/C19H23NO3/c1-19-8-7-13-12-6-4-11(22-2)9-10(12)3-5-14(13)15(19)16-17(23-16)18(19)20-21/h4,6,9,13-17,21H,3,5,7-8H2,1-2H3/t13-,14-,15-,16+,17+,19+/m1/s1. The van der Waals surface area contributed by atoms with Gasteiger partial charge in [0.2, 0.25) is 0 Å². The van der Waals surface area contributed by atoms with Crippen molar-refractivity contribution in [1.29, 1.82) is 0 Å². The van der Waals surface area contributed by atoms with Gasteiger partial charge in [-0.1, -0.05) is 18.1 Å². The number of rotatable bonds is 1. The molecule has 122 valence electrons. The molecule has 23 heavy (non-hydrogen) atoms. The van der Waals surface area contributed by atoms with Gasteiger partial charge in [-0.15, -0.1) is 0 Å². The highest BCUT2D eigenvalue weighted by Gasteiger charge is 2.69. The minimum absolute atomic E-state index is 0.0352. The van der Waals surface area contributed by atoms with E-state index in [-0.39, 0.29) is 11.5 Å². The summed E-state index contributed by atoms with van der Waals surface area (Å²) >= 11 is 0. The number of hydrogen-bond acceptors (Lipinski definition) is 4. The van der Waals surface area contributed by atoms with Gasteiger partial charge in [0.25, 0.3) is 0 Å². The summed E-state index contributed by atoms with van der Waals surface area (Å²) in [4.78, 5) is 0. The van der Waals surface area contributed by atoms with Crippen LogP contribution < -0.4 is 4.74 Å². The Morgan fingerprint density at radius 2 is 2.22 bits per heavy atom. The van der Waals surface area contributed by atoms with Crippen molar-refractivity contribution >= 4 is 5.71 Å². The van der Waals surface area contributed by atoms with E-state index in [1.54, 1.807) is 7.11 Å². The third-order valence-corrected chi connectivity index (χ3v) is 7.03. The molecule has 0 spiro atoms. The Hall–Kier alpha value is -1.55. The molecule has 6 atom stereocenters. The van der Waals surface area contributed by atoms with Crippen molar-refractivity contribution in [3.63, 3.8) is 0 Å². The van der Waals surface area contributed by atoms with Crippen LogP contribution in [0.3, 0.4) is 0 Å². The molecule has 4 aliphatic rings. The monoisotopic (exact) mass is 313 g/mol. The highest BCUT2D eigenvalue weighted by molar-refractivity contribution is 5.99. The summed E-state index contributed by atoms with van der Waals surface area (Å²) in [5.74, 6) is 2.73. The maximum atomic E-state index is 9.47. The van der Waals surface area contributed by atoms with E-state index >= 15 is 0 Å². The minimum Gasteiger partial charge on any atom is -0.497 e. The van der Waals surface area contributed by atoms with Crippen LogP contribution in [0.4, 0.5) is 0 Å². The summed E-state index contributed by atoms with van der Waals surface area (Å²) < 4.78 is 11.2. The quantitative estimate of drug-likeness (QED) is 0.491. The third-order valence-electron chi connectivity index (χ3n) is 7.03. The van der Waals surface area contributed by atoms with Gasteiger partial charge in [0.1, 0.15) is 11.9 Å². The zero-order valence-corrected chi connectivity index (χ0v) is 13.7. The maximum absolute atomic E-state index is 9.47. The van der Waals surface area contributed by atoms with E-state index in [0.717, 1.165) is 24.3 Å². The molecule has 1 aromatic carbocycles. The molecule has 5 rings (SSSR count). The van der Waals surface area contributed by atoms with Gasteiger partial charge in [0.05, 0.1) is 18.9 Å². The molecule has 0 radical (unpaired) electrons. The third kappa shape index (κ3) is 1.68. The Morgan fingerprint density at radius 1 is 1.35 bits per heavy atom. The van der Waals surface area contributed by atoms with Crippen LogP contribution in [-0.4, -0.2) is 30.2 Å². The van der Waals surface area contributed by atoms with Crippen LogP contribution in [0.2, 0.25) is 0 Å². The van der Waals surface area contributed by atoms with Crippen molar-refractivity contribution in [3.8, 4) is 5.75 Å². The van der Waals surface area contributed by atoms with E-state index in [1.807, 2.05) is 0 Å². The van der Waals surface area contributed by atoms with Crippen molar-refractivity contribution in [2.24, 2.45) is 22.4 Å². The molecule has 1 aromatic rings. The summed E-state index contributed by atoms with van der Waals surface area (Å²) in [6, 6.07) is 6.58. The summed E-state index contributed by atoms with van der Waals surface area (Å²) in [5, 5.41) is 13.1. The van der Waals surface area contributed by atoms with E-state index in [2.05, 4.69) is 30.3 Å². The normalized spacial score (nSPS) is 45.0. The SMILES string of the molecule is COc1ccc2c(c1)CC[C@H]1[C@@H]3[C@@H]4O[C@@H]4C(=NO)[C@@]3(C)CC[C@H]21. The average Bonchev–Trinajstić information content (AvgIpc) is 3.28. The molecule has 0 bridgehead atoms. The molecule has 3 fully saturated rings. The second kappa shape index (κ2) is 4.50. The first-order valence-electron chi connectivity index (χ1n) is 8.72. The van der Waals surface area contributed by atoms with Crippen molar-refractivity contribution in [2.45, 2.75) is 50.7 Å². The van der Waals surface area contributed by atoms with E-state index in [9.17, 15) is 5.21 Å². The van der Waals surface area contributed by atoms with E-state index in [1.165, 1.54) is 24.0 Å². The molecule has 2 saturated carbocycles. The summed E-state index contributed by atoms with van der Waals surface area (Å²) in [6.45, 7) is 2.29. The smallest absolute Gasteiger partial charge is 0.126 e. The largest absolute Gasteiger partial charge is 0.497 e. The Bertz CT molecular complexity index is 700. The van der Waals surface area contributed by atoms with Crippen LogP contribution in [0.25, 0.3) is 0 Å². The van der Waals surface area contributed by atoms with Gasteiger partial charge in [0.15, 0.2) is 0 Å². The van der Waals surface area contributed by atoms with Crippen molar-refractivity contribution in [1.82, 2.24) is 0 Å². The molecule has 1 N–H and O–H groups in total. The maximum Gasteiger partial charge on any atom is 0.126 e. The summed E-state index contributed by atoms with van der Waals surface area (Å²) in [7, 11) is 1.73. The van der Waals surface area contributed by atoms with Gasteiger partial charge in [0, 0.05) is 11.3 Å². The van der Waals surface area contributed by atoms with Gasteiger partial charge in [-0.05, 0) is 60.8 Å². The van der Waals surface area contributed by atoms with E-state index in [4.69, 9.17) is 9.47 Å². The summed E-state index contributed by atoms with van der Waals surface area (Å²) in [6.07, 6.45) is 4.97. The van der Waals surface area contributed by atoms with Gasteiger partial charge < -0.3 is 14.7 Å². The number of fused-ring (bicyclic) bond motifs is 7. The molecular weight excluding hydrogens is 290 g/mol. The number of methoxy groups -OCH3 is 1. The van der Waals surface area contributed by atoms with E-state index in [0.29, 0.717) is 23.9 Å². The van der Waals surface area contributed by atoms with Crippen molar-refractivity contribution in [2.75, 3.05) is 7.11 Å². The fourth-order valence-electron chi connectivity index (χ4n) is 5.95. The fourth-order valence-corrected chi connectivity index (χ4v) is 5.95. The van der Waals surface area contributed by atoms with Gasteiger partial charge >= 0.3 is 0 Å². The number of oxime groups is 1. The van der Waals surface area contributed by atoms with Crippen LogP contribution in [0, 0.1) is 17.3 Å². The number of hydrogen-bond donors (Lipinski definition) is 1. The Morgan fingerprint density at radius 3 is 3.00 bits per heavy atom. The number of ether oxygens (including phenoxy) is 2. The zero-order valence-electron chi connectivity index (χ0n) is 13.7. The molecular formula is C19H23NO3. The van der Waals surface area contributed by atoms with E-state index < -0.39 is 0 Å². The first-order valence-corrected chi connectivity index (χ1v) is 8.72. The summed E-state index contributed by atoms with van der Waals surface area (Å²) in [5.41, 5.74) is 3.91. The highest BCUT2D eigenvalue weighted by atomic mass is 16.6. The Balaban J connectivity index is 1.54. The van der Waals surface area contributed by atoms with Crippen molar-refractivity contribution in [3.05, 3.63) is 29.3 Å². The van der Waals surface area contributed by atoms with Crippen LogP contribution in [-0.2, 0) is 11.2 Å². The number of benzene rings is 1. The molecule has 0 unspecified atom stereocenters. The molecule has 1 heterocycles. The second-order valence-electron chi connectivity index (χ2n) is 7.86. The number of epoxide rings is 1. The second-order valence-corrected chi connectivity index (χ2v) is 7.86. The molecule has 0 amide bonds. The van der Waals surface area contributed by atoms with Gasteiger partial charge in [-0.2, -0.15) is 0 Å². The zero-order chi connectivity index (χ0) is 15.8. The van der Waals surface area contributed by atoms with Crippen LogP contribution >= 0.6 is 0 Å². The first-order chi connectivity index (χ1) is 11.2. The Labute approximate surface area is 136 Å². The predicted molar refractivity (Wildman–Crippen MR) is 86.3 cm³/mol. The predicted octanol–water partition coefficient (Wildman–Crippen LogP) is 3.37. The molecule has 0 aromatic heterocycles. The minimum atomic E-state index is 0.0352. The topological polar surface area (TPSA) is 54.3 Å². The lowest BCUT2D eigenvalue weighted by Gasteiger charge is -2.49. The molecule has 1 aliphatic heterocycles. The fraction of sp³-hybridized carbons (Fsp3) is 0.632. The average molecular weight is 313 g/mol. The molecule has 1 saturated heterocycles. The molecule has 3 aliphatic carbocycles. The molecule has 4 heteroatoms. The van der Waals surface area contributed by atoms with Gasteiger partial charge in [-0.3, -0.25) is 0 Å². The van der Waals surface area contributed by atoms with Crippen LogP contribution in [0.5, 0.6) is 5.75 Å². The van der Waals surface area contributed by atoms with Gasteiger partial charge in [-0.25, -0.2) is 0 Å². The Kier molecular flexibility index (Phi) is 2.71. The lowest BCUT2D eigenvalue weighted by Crippen LogP contribution is -2.46. The number of nitrogens with zero attached hydrogens (tertiary/aromatic N) is 1. The highest BCUT2D eigenvalue weighted by Crippen LogP contribution is 2.64. The van der Waals surface area contributed by atoms with Crippen LogP contribution in [0.1, 0.15) is 43.2 Å². The number of aryl methyl sites for hydroxylation is 1. The lowest BCUT2D eigenvalue weighted by atomic mass is 9.55.